The van der Waals surface area contributed by atoms with Gasteiger partial charge in [-0.1, -0.05) is 25.7 Å². The highest BCUT2D eigenvalue weighted by Gasteiger charge is 2.42. The number of carbonyl (C=O) groups excluding carboxylic acids is 1. The van der Waals surface area contributed by atoms with Crippen LogP contribution in [0.25, 0.3) is 5.65 Å². The lowest BCUT2D eigenvalue weighted by atomic mass is 9.90. The number of nitrogen functional groups attached to an aromatic ring is 1. The summed E-state index contributed by atoms with van der Waals surface area (Å²) in [6, 6.07) is 0. The Labute approximate surface area is 224 Å². The molecule has 4 N–H and O–H groups in total. The Morgan fingerprint density at radius 1 is 1.13 bits per heavy atom. The lowest BCUT2D eigenvalue weighted by Crippen LogP contribution is -2.48. The van der Waals surface area contributed by atoms with Crippen molar-refractivity contribution in [2.24, 2.45) is 5.92 Å². The van der Waals surface area contributed by atoms with Crippen LogP contribution < -0.4 is 21.3 Å². The number of anilines is 3. The zero-order valence-electron chi connectivity index (χ0n) is 21.1. The first-order valence-electron chi connectivity index (χ1n) is 13.3. The molecule has 9 nitrogen and oxygen atoms in total. The number of piperidine rings is 1. The zero-order chi connectivity index (χ0) is 26.3. The van der Waals surface area contributed by atoms with E-state index in [9.17, 15) is 9.18 Å². The van der Waals surface area contributed by atoms with Crippen LogP contribution in [0.15, 0.2) is 24.8 Å². The Hall–Kier alpha value is -2.99. The lowest BCUT2D eigenvalue weighted by Gasteiger charge is -2.37. The van der Waals surface area contributed by atoms with Gasteiger partial charge < -0.3 is 16.0 Å². The standard InChI is InChI=1S/C26H32F2N8OS/c27-17-11-31-23-20(22(29)34-36(23)14-17)24(37)32-19-13-30-12-18(28)21(19)35-9-5-16(6-10-35)25-33-26(15-38-25)7-3-1-2-4-8-26/h11-14,16,25,33H,1-10,15H2,(H2,29,34)(H,32,37). The topological polar surface area (TPSA) is 113 Å². The van der Waals surface area contributed by atoms with Crippen LogP contribution >= 0.6 is 11.8 Å². The van der Waals surface area contributed by atoms with E-state index >= 15 is 4.39 Å². The fourth-order valence-electron chi connectivity index (χ4n) is 6.18. The van der Waals surface area contributed by atoms with Crippen LogP contribution in [0.5, 0.6) is 0 Å². The van der Waals surface area contributed by atoms with Crippen molar-refractivity contribution in [1.82, 2.24) is 24.9 Å². The number of fused-ring (bicyclic) bond motifs is 1. The van der Waals surface area contributed by atoms with E-state index in [0.29, 0.717) is 30.1 Å². The van der Waals surface area contributed by atoms with Gasteiger partial charge in [-0.05, 0) is 31.6 Å². The third-order valence-corrected chi connectivity index (χ3v) is 9.73. The molecule has 1 aliphatic carbocycles. The summed E-state index contributed by atoms with van der Waals surface area (Å²) in [5, 5.41) is 11.2. The molecule has 2 saturated heterocycles. The smallest absolute Gasteiger partial charge is 0.263 e. The van der Waals surface area contributed by atoms with E-state index in [1.165, 1.54) is 50.5 Å². The molecule has 2 aliphatic heterocycles. The summed E-state index contributed by atoms with van der Waals surface area (Å²) in [4.78, 5) is 23.1. The number of hydrogen-bond acceptors (Lipinski definition) is 8. The van der Waals surface area contributed by atoms with E-state index in [1.807, 2.05) is 4.90 Å². The molecule has 12 heteroatoms. The molecule has 6 rings (SSSR count). The van der Waals surface area contributed by atoms with Crippen molar-refractivity contribution in [2.75, 3.05) is 34.8 Å². The fourth-order valence-corrected chi connectivity index (χ4v) is 7.93. The second kappa shape index (κ2) is 10.3. The van der Waals surface area contributed by atoms with E-state index in [2.05, 4.69) is 37.5 Å². The molecule has 3 fully saturated rings. The quantitative estimate of drug-likeness (QED) is 0.450. The predicted octanol–water partition coefficient (Wildman–Crippen LogP) is 4.21. The molecule has 1 atom stereocenters. The summed E-state index contributed by atoms with van der Waals surface area (Å²) >= 11 is 2.06. The highest BCUT2D eigenvalue weighted by molar-refractivity contribution is 8.00. The Bertz CT molecular complexity index is 1330. The number of nitrogens with two attached hydrogens (primary N) is 1. The van der Waals surface area contributed by atoms with Crippen LogP contribution in [0, 0.1) is 17.6 Å². The van der Waals surface area contributed by atoms with Crippen LogP contribution in [-0.4, -0.2) is 55.2 Å². The summed E-state index contributed by atoms with van der Waals surface area (Å²) in [6.07, 6.45) is 14.4. The molecule has 38 heavy (non-hydrogen) atoms. The van der Waals surface area contributed by atoms with Gasteiger partial charge in [0.2, 0.25) is 0 Å². The first-order valence-corrected chi connectivity index (χ1v) is 14.4. The van der Waals surface area contributed by atoms with E-state index in [4.69, 9.17) is 5.73 Å². The maximum atomic E-state index is 15.1. The van der Waals surface area contributed by atoms with E-state index in [1.54, 1.807) is 0 Å². The molecule has 1 unspecified atom stereocenters. The van der Waals surface area contributed by atoms with Crippen LogP contribution in [0.2, 0.25) is 0 Å². The lowest BCUT2D eigenvalue weighted by molar-refractivity contribution is 0.102. The molecule has 3 aliphatic rings. The number of amides is 1. The van der Waals surface area contributed by atoms with E-state index < -0.39 is 17.5 Å². The highest BCUT2D eigenvalue weighted by Crippen LogP contribution is 2.42. The molecule has 1 amide bonds. The minimum absolute atomic E-state index is 0.00399. The number of halogens is 2. The number of nitrogens with zero attached hydrogens (tertiary/aromatic N) is 5. The van der Waals surface area contributed by atoms with Gasteiger partial charge in [0, 0.05) is 24.4 Å². The summed E-state index contributed by atoms with van der Waals surface area (Å²) < 4.78 is 29.8. The van der Waals surface area contributed by atoms with Gasteiger partial charge in [-0.3, -0.25) is 15.1 Å². The van der Waals surface area contributed by atoms with Crippen LogP contribution in [0.4, 0.5) is 26.0 Å². The molecule has 0 aromatic carbocycles. The van der Waals surface area contributed by atoms with E-state index in [-0.39, 0.29) is 28.3 Å². The van der Waals surface area contributed by atoms with Gasteiger partial charge in [-0.25, -0.2) is 18.3 Å². The Kier molecular flexibility index (Phi) is 6.85. The van der Waals surface area contributed by atoms with Crippen molar-refractivity contribution in [3.63, 3.8) is 0 Å². The Morgan fingerprint density at radius 2 is 1.89 bits per heavy atom. The number of carbonyl (C=O) groups is 1. The molecule has 0 bridgehead atoms. The minimum atomic E-state index is -0.611. The van der Waals surface area contributed by atoms with Gasteiger partial charge in [0.1, 0.15) is 11.3 Å². The highest BCUT2D eigenvalue weighted by atomic mass is 32.2. The molecule has 0 radical (unpaired) electrons. The van der Waals surface area contributed by atoms with E-state index in [0.717, 1.165) is 35.9 Å². The van der Waals surface area contributed by atoms with Gasteiger partial charge >= 0.3 is 0 Å². The number of rotatable bonds is 4. The summed E-state index contributed by atoms with van der Waals surface area (Å²) in [6.45, 7) is 1.36. The van der Waals surface area contributed by atoms with Crippen molar-refractivity contribution in [3.05, 3.63) is 42.0 Å². The van der Waals surface area contributed by atoms with Crippen molar-refractivity contribution >= 4 is 40.5 Å². The van der Waals surface area contributed by atoms with Crippen LogP contribution in [0.3, 0.4) is 0 Å². The van der Waals surface area contributed by atoms with Gasteiger partial charge in [0.25, 0.3) is 5.91 Å². The third kappa shape index (κ3) is 4.79. The first kappa shape index (κ1) is 25.3. The summed E-state index contributed by atoms with van der Waals surface area (Å²) in [7, 11) is 0. The van der Waals surface area contributed by atoms with Crippen LogP contribution in [0.1, 0.15) is 61.7 Å². The van der Waals surface area contributed by atoms with Crippen LogP contribution in [-0.2, 0) is 0 Å². The van der Waals surface area contributed by atoms with Gasteiger partial charge in [-0.2, -0.15) is 0 Å². The predicted molar refractivity (Wildman–Crippen MR) is 144 cm³/mol. The van der Waals surface area contributed by atoms with Gasteiger partial charge in [0.05, 0.1) is 35.8 Å². The largest absolute Gasteiger partial charge is 0.381 e. The maximum Gasteiger partial charge on any atom is 0.263 e. The molecule has 202 valence electrons. The van der Waals surface area contributed by atoms with Crippen molar-refractivity contribution in [2.45, 2.75) is 62.3 Å². The maximum absolute atomic E-state index is 15.1. The van der Waals surface area contributed by atoms with Gasteiger partial charge in [0.15, 0.2) is 23.1 Å². The molecule has 3 aromatic heterocycles. The number of hydrogen-bond donors (Lipinski definition) is 3. The number of thioether (sulfide) groups is 1. The second-order valence-electron chi connectivity index (χ2n) is 10.7. The molecule has 1 spiro atoms. The zero-order valence-corrected chi connectivity index (χ0v) is 21.9. The number of aromatic nitrogens is 4. The minimum Gasteiger partial charge on any atom is -0.381 e. The van der Waals surface area contributed by atoms with Crippen molar-refractivity contribution in [3.8, 4) is 0 Å². The number of nitrogens with one attached hydrogen (secondary N) is 2. The molecule has 1 saturated carbocycles. The summed E-state index contributed by atoms with van der Waals surface area (Å²) in [5.74, 6) is -0.114. The average molecular weight is 543 g/mol. The molecule has 3 aromatic rings. The summed E-state index contributed by atoms with van der Waals surface area (Å²) in [5.41, 5.74) is 6.90. The second-order valence-corrected chi connectivity index (χ2v) is 11.8. The Morgan fingerprint density at radius 3 is 2.66 bits per heavy atom. The monoisotopic (exact) mass is 542 g/mol. The molecule has 5 heterocycles. The average Bonchev–Trinajstić information content (AvgIpc) is 3.37. The van der Waals surface area contributed by atoms with Gasteiger partial charge in [-0.15, -0.1) is 16.9 Å². The fraction of sp³-hybridized carbons (Fsp3) is 0.538. The SMILES string of the molecule is Nc1nn2cc(F)cnc2c1C(=O)Nc1cncc(F)c1N1CCC(C2NC3(CCCCCC3)CS2)CC1. The Balaban J connectivity index is 1.16. The first-order chi connectivity index (χ1) is 18.4. The molecular formula is C26H32F2N8OS. The number of pyridine rings is 1. The van der Waals surface area contributed by atoms with Crippen molar-refractivity contribution < 1.29 is 13.6 Å². The molecular weight excluding hydrogens is 510 g/mol. The van der Waals surface area contributed by atoms with Crippen molar-refractivity contribution in [1.29, 1.82) is 0 Å². The third-order valence-electron chi connectivity index (χ3n) is 8.15. The normalized spacial score (nSPS) is 22.2.